The van der Waals surface area contributed by atoms with Gasteiger partial charge in [-0.15, -0.1) is 5.10 Å². The summed E-state index contributed by atoms with van der Waals surface area (Å²) in [5, 5.41) is 22.0. The predicted molar refractivity (Wildman–Crippen MR) is 98.3 cm³/mol. The number of benzene rings is 2. The van der Waals surface area contributed by atoms with Crippen molar-refractivity contribution in [2.24, 2.45) is 0 Å². The minimum Gasteiger partial charge on any atom is -0.392 e. The zero-order chi connectivity index (χ0) is 17.8. The van der Waals surface area contributed by atoms with Crippen LogP contribution in [0.15, 0.2) is 73.2 Å². The molecule has 2 heterocycles. The van der Waals surface area contributed by atoms with Gasteiger partial charge in [-0.05, 0) is 22.8 Å². The lowest BCUT2D eigenvalue weighted by Gasteiger charge is -2.07. The lowest BCUT2D eigenvalue weighted by Crippen LogP contribution is -2.01. The van der Waals surface area contributed by atoms with Crippen molar-refractivity contribution in [3.63, 3.8) is 0 Å². The van der Waals surface area contributed by atoms with E-state index in [1.165, 1.54) is 0 Å². The van der Waals surface area contributed by atoms with Crippen molar-refractivity contribution in [1.82, 2.24) is 24.8 Å². The molecule has 0 radical (unpaired) electrons. The number of aliphatic hydroxyl groups excluding tert-OH is 1. The van der Waals surface area contributed by atoms with Crippen molar-refractivity contribution in [1.29, 1.82) is 0 Å². The van der Waals surface area contributed by atoms with Crippen molar-refractivity contribution in [2.75, 3.05) is 0 Å². The third-order valence-electron chi connectivity index (χ3n) is 4.27. The maximum absolute atomic E-state index is 9.13. The molecule has 1 N–H and O–H groups in total. The van der Waals surface area contributed by atoms with Crippen LogP contribution in [0.4, 0.5) is 0 Å². The van der Waals surface area contributed by atoms with Crippen LogP contribution in [-0.4, -0.2) is 29.9 Å². The zero-order valence-corrected chi connectivity index (χ0v) is 14.2. The Morgan fingerprint density at radius 3 is 2.42 bits per heavy atom. The Balaban J connectivity index is 1.56. The first-order valence-electron chi connectivity index (χ1n) is 8.46. The summed E-state index contributed by atoms with van der Waals surface area (Å²) in [6, 6.07) is 17.9. The highest BCUT2D eigenvalue weighted by Gasteiger charge is 2.10. The molecule has 0 saturated heterocycles. The lowest BCUT2D eigenvalue weighted by molar-refractivity contribution is 0.282. The minimum absolute atomic E-state index is 0.0563. The van der Waals surface area contributed by atoms with Gasteiger partial charge in [0.2, 0.25) is 0 Å². The average Bonchev–Trinajstić information content (AvgIpc) is 3.35. The fourth-order valence-electron chi connectivity index (χ4n) is 2.91. The molecule has 2 aromatic carbocycles. The summed E-state index contributed by atoms with van der Waals surface area (Å²) in [4.78, 5) is 0. The van der Waals surface area contributed by atoms with Gasteiger partial charge >= 0.3 is 0 Å². The first-order chi connectivity index (χ1) is 12.8. The monoisotopic (exact) mass is 345 g/mol. The van der Waals surface area contributed by atoms with Crippen LogP contribution < -0.4 is 0 Å². The molecule has 0 atom stereocenters. The van der Waals surface area contributed by atoms with Gasteiger partial charge in [0.1, 0.15) is 5.69 Å². The normalized spacial score (nSPS) is 11.0. The van der Waals surface area contributed by atoms with Gasteiger partial charge in [0.25, 0.3) is 0 Å². The smallest absolute Gasteiger partial charge is 0.113 e. The maximum Gasteiger partial charge on any atom is 0.113 e. The van der Waals surface area contributed by atoms with Gasteiger partial charge in [0.05, 0.1) is 25.9 Å². The van der Waals surface area contributed by atoms with Gasteiger partial charge in [-0.25, -0.2) is 4.68 Å². The summed E-state index contributed by atoms with van der Waals surface area (Å²) < 4.78 is 3.72. The Morgan fingerprint density at radius 2 is 1.65 bits per heavy atom. The summed E-state index contributed by atoms with van der Waals surface area (Å²) in [6.45, 7) is 1.39. The molecule has 0 unspecified atom stereocenters. The molecule has 0 aliphatic rings. The van der Waals surface area contributed by atoms with E-state index in [4.69, 9.17) is 5.11 Å². The van der Waals surface area contributed by atoms with Crippen LogP contribution in [0.3, 0.4) is 0 Å². The van der Waals surface area contributed by atoms with Gasteiger partial charge in [-0.3, -0.25) is 4.68 Å². The van der Waals surface area contributed by atoms with Gasteiger partial charge < -0.3 is 5.11 Å². The number of rotatable bonds is 6. The maximum atomic E-state index is 9.13. The van der Waals surface area contributed by atoms with E-state index in [1.54, 1.807) is 6.20 Å². The minimum atomic E-state index is 0.0563. The molecular weight excluding hydrogens is 326 g/mol. The number of hydrogen-bond donors (Lipinski definition) is 1. The third kappa shape index (κ3) is 3.55. The molecule has 0 fully saturated rings. The van der Waals surface area contributed by atoms with Crippen LogP contribution in [-0.2, 0) is 19.7 Å². The standard InChI is InChI=1S/C20H19N5O/c26-15-17-8-6-16(7-9-17)12-25-14-20(22-23-25)19-5-2-1-4-18(19)13-24-11-3-10-21-24/h1-11,14,26H,12-13,15H2. The van der Waals surface area contributed by atoms with Gasteiger partial charge in [-0.1, -0.05) is 53.7 Å². The highest BCUT2D eigenvalue weighted by Crippen LogP contribution is 2.22. The van der Waals surface area contributed by atoms with Crippen LogP contribution in [0.25, 0.3) is 11.3 Å². The van der Waals surface area contributed by atoms with E-state index >= 15 is 0 Å². The Hall–Kier alpha value is -3.25. The Labute approximate surface area is 151 Å². The van der Waals surface area contributed by atoms with Crippen LogP contribution in [0.2, 0.25) is 0 Å². The summed E-state index contributed by atoms with van der Waals surface area (Å²) in [6.07, 6.45) is 5.69. The fourth-order valence-corrected chi connectivity index (χ4v) is 2.91. The van der Waals surface area contributed by atoms with Crippen molar-refractivity contribution >= 4 is 0 Å². The SMILES string of the molecule is OCc1ccc(Cn2cc(-c3ccccc3Cn3cccn3)nn2)cc1. The molecule has 0 aliphatic carbocycles. The number of aliphatic hydroxyl groups is 1. The second kappa shape index (κ2) is 7.33. The highest BCUT2D eigenvalue weighted by molar-refractivity contribution is 5.62. The van der Waals surface area contributed by atoms with Crippen LogP contribution in [0.5, 0.6) is 0 Å². The average molecular weight is 345 g/mol. The quantitative estimate of drug-likeness (QED) is 0.583. The molecule has 130 valence electrons. The zero-order valence-electron chi connectivity index (χ0n) is 14.2. The fraction of sp³-hybridized carbons (Fsp3) is 0.150. The summed E-state index contributed by atoms with van der Waals surface area (Å²) in [7, 11) is 0. The summed E-state index contributed by atoms with van der Waals surface area (Å²) in [5.74, 6) is 0. The Morgan fingerprint density at radius 1 is 0.846 bits per heavy atom. The summed E-state index contributed by atoms with van der Waals surface area (Å²) in [5.41, 5.74) is 5.07. The number of hydrogen-bond acceptors (Lipinski definition) is 4. The molecule has 0 aliphatic heterocycles. The predicted octanol–water partition coefficient (Wildman–Crippen LogP) is 2.73. The lowest BCUT2D eigenvalue weighted by atomic mass is 10.1. The first-order valence-corrected chi connectivity index (χ1v) is 8.46. The van der Waals surface area contributed by atoms with Crippen molar-refractivity contribution in [3.8, 4) is 11.3 Å². The van der Waals surface area contributed by atoms with E-state index in [9.17, 15) is 0 Å². The molecule has 6 nitrogen and oxygen atoms in total. The van der Waals surface area contributed by atoms with Gasteiger partial charge in [-0.2, -0.15) is 5.10 Å². The molecule has 0 bridgehead atoms. The molecule has 0 saturated carbocycles. The topological polar surface area (TPSA) is 68.8 Å². The van der Waals surface area contributed by atoms with Crippen molar-refractivity contribution < 1.29 is 5.11 Å². The van der Waals surface area contributed by atoms with Crippen LogP contribution in [0.1, 0.15) is 16.7 Å². The second-order valence-electron chi connectivity index (χ2n) is 6.14. The molecule has 0 amide bonds. The van der Waals surface area contributed by atoms with E-state index in [0.717, 1.165) is 27.9 Å². The van der Waals surface area contributed by atoms with Crippen molar-refractivity contribution in [2.45, 2.75) is 19.7 Å². The number of aromatic nitrogens is 5. The van der Waals surface area contributed by atoms with Crippen LogP contribution >= 0.6 is 0 Å². The van der Waals surface area contributed by atoms with E-state index in [1.807, 2.05) is 64.2 Å². The van der Waals surface area contributed by atoms with Crippen LogP contribution in [0, 0.1) is 0 Å². The number of nitrogens with zero attached hydrogens (tertiary/aromatic N) is 5. The van der Waals surface area contributed by atoms with E-state index in [-0.39, 0.29) is 6.61 Å². The molecule has 2 aromatic heterocycles. The van der Waals surface area contributed by atoms with E-state index < -0.39 is 0 Å². The second-order valence-corrected chi connectivity index (χ2v) is 6.14. The van der Waals surface area contributed by atoms with Gasteiger partial charge in [0.15, 0.2) is 0 Å². The largest absolute Gasteiger partial charge is 0.392 e. The molecule has 0 spiro atoms. The highest BCUT2D eigenvalue weighted by atomic mass is 16.3. The van der Waals surface area contributed by atoms with E-state index in [0.29, 0.717) is 13.1 Å². The molecule has 4 aromatic rings. The Bertz CT molecular complexity index is 974. The molecule has 4 rings (SSSR count). The van der Waals surface area contributed by atoms with Crippen molar-refractivity contribution in [3.05, 3.63) is 89.9 Å². The van der Waals surface area contributed by atoms with E-state index in [2.05, 4.69) is 27.5 Å². The summed E-state index contributed by atoms with van der Waals surface area (Å²) >= 11 is 0. The van der Waals surface area contributed by atoms with Gasteiger partial charge in [0, 0.05) is 18.0 Å². The first kappa shape index (κ1) is 16.2. The molecule has 6 heteroatoms. The Kier molecular flexibility index (Phi) is 4.57. The molecule has 26 heavy (non-hydrogen) atoms. The third-order valence-corrected chi connectivity index (χ3v) is 4.27. The molecular formula is C20H19N5O.